The van der Waals surface area contributed by atoms with Gasteiger partial charge in [-0.25, -0.2) is 0 Å². The van der Waals surface area contributed by atoms with Crippen LogP contribution in [-0.2, 0) is 4.79 Å². The summed E-state index contributed by atoms with van der Waals surface area (Å²) in [4.78, 5) is 12.4. The molecule has 12 heavy (non-hydrogen) atoms. The van der Waals surface area contributed by atoms with E-state index in [9.17, 15) is 9.90 Å². The maximum absolute atomic E-state index is 10.6. The maximum Gasteiger partial charge on any atom is 0.320 e. The fraction of sp³-hybridized carbons (Fsp3) is 0.875. The molecule has 0 spiro atoms. The topological polar surface area (TPSA) is 60.8 Å². The molecule has 1 fully saturated rings. The Labute approximate surface area is 71.8 Å². The van der Waals surface area contributed by atoms with Gasteiger partial charge in [0.25, 0.3) is 0 Å². The minimum atomic E-state index is -0.816. The van der Waals surface area contributed by atoms with E-state index in [0.717, 1.165) is 19.4 Å². The molecule has 0 radical (unpaired) electrons. The molecular weight excluding hydrogens is 158 g/mol. The summed E-state index contributed by atoms with van der Waals surface area (Å²) in [5.41, 5.74) is 0. The van der Waals surface area contributed by atoms with Crippen LogP contribution in [-0.4, -0.2) is 46.3 Å². The molecule has 0 aliphatic carbocycles. The fourth-order valence-electron chi connectivity index (χ4n) is 1.49. The smallest absolute Gasteiger partial charge is 0.320 e. The van der Waals surface area contributed by atoms with Gasteiger partial charge in [-0.3, -0.25) is 9.69 Å². The van der Waals surface area contributed by atoms with Gasteiger partial charge in [0.15, 0.2) is 0 Å². The van der Waals surface area contributed by atoms with Crippen LogP contribution in [0.2, 0.25) is 0 Å². The third-order valence-corrected chi connectivity index (χ3v) is 2.33. The number of nitrogens with zero attached hydrogens (tertiary/aromatic N) is 1. The quantitative estimate of drug-likeness (QED) is 0.613. The van der Waals surface area contributed by atoms with Crippen LogP contribution >= 0.6 is 0 Å². The summed E-state index contributed by atoms with van der Waals surface area (Å²) in [7, 11) is 0. The van der Waals surface area contributed by atoms with Crippen LogP contribution in [0.5, 0.6) is 0 Å². The van der Waals surface area contributed by atoms with Crippen molar-refractivity contribution >= 4 is 5.97 Å². The first-order valence-corrected chi connectivity index (χ1v) is 4.26. The van der Waals surface area contributed by atoms with Crippen molar-refractivity contribution in [2.45, 2.75) is 31.9 Å². The Bertz CT molecular complexity index is 172. The first kappa shape index (κ1) is 9.48. The highest BCUT2D eigenvalue weighted by Crippen LogP contribution is 2.12. The maximum atomic E-state index is 10.6. The third kappa shape index (κ3) is 2.19. The standard InChI is InChI=1S/C8H15NO3/c1-6(8(11)12)9-4-2-3-7(10)5-9/h6-7,10H,2-5H2,1H3,(H,11,12)/t6-,7-/m0/s1. The second-order valence-corrected chi connectivity index (χ2v) is 3.31. The van der Waals surface area contributed by atoms with Crippen molar-refractivity contribution in [1.29, 1.82) is 0 Å². The van der Waals surface area contributed by atoms with E-state index < -0.39 is 12.0 Å². The van der Waals surface area contributed by atoms with E-state index in [1.54, 1.807) is 11.8 Å². The summed E-state index contributed by atoms with van der Waals surface area (Å²) in [6.07, 6.45) is 1.34. The van der Waals surface area contributed by atoms with Gasteiger partial charge in [-0.05, 0) is 26.3 Å². The molecular formula is C8H15NO3. The predicted molar refractivity (Wildman–Crippen MR) is 43.9 cm³/mol. The molecule has 1 saturated heterocycles. The van der Waals surface area contributed by atoms with Crippen molar-refractivity contribution in [3.63, 3.8) is 0 Å². The van der Waals surface area contributed by atoms with Crippen molar-refractivity contribution < 1.29 is 15.0 Å². The van der Waals surface area contributed by atoms with Crippen LogP contribution < -0.4 is 0 Å². The Morgan fingerprint density at radius 3 is 2.83 bits per heavy atom. The number of aliphatic hydroxyl groups excluding tert-OH is 1. The molecule has 0 unspecified atom stereocenters. The first-order chi connectivity index (χ1) is 5.61. The number of carboxylic acid groups (broad SMARTS) is 1. The number of carboxylic acids is 1. The molecule has 0 aromatic rings. The van der Waals surface area contributed by atoms with E-state index in [1.165, 1.54) is 0 Å². The number of rotatable bonds is 2. The summed E-state index contributed by atoms with van der Waals surface area (Å²) in [5.74, 6) is -0.816. The fourth-order valence-corrected chi connectivity index (χ4v) is 1.49. The summed E-state index contributed by atoms with van der Waals surface area (Å²) >= 11 is 0. The highest BCUT2D eigenvalue weighted by molar-refractivity contribution is 5.72. The normalized spacial score (nSPS) is 28.3. The van der Waals surface area contributed by atoms with Crippen LogP contribution in [0.25, 0.3) is 0 Å². The average Bonchev–Trinajstić information content (AvgIpc) is 2.03. The molecule has 0 saturated carbocycles. The first-order valence-electron chi connectivity index (χ1n) is 4.26. The van der Waals surface area contributed by atoms with Crippen molar-refractivity contribution in [3.05, 3.63) is 0 Å². The number of hydrogen-bond donors (Lipinski definition) is 2. The molecule has 70 valence electrons. The Balaban J connectivity index is 2.45. The minimum absolute atomic E-state index is 0.347. The van der Waals surface area contributed by atoms with E-state index in [0.29, 0.717) is 6.54 Å². The third-order valence-electron chi connectivity index (χ3n) is 2.33. The van der Waals surface area contributed by atoms with Crippen molar-refractivity contribution in [2.24, 2.45) is 0 Å². The van der Waals surface area contributed by atoms with E-state index >= 15 is 0 Å². The molecule has 2 atom stereocenters. The van der Waals surface area contributed by atoms with Crippen molar-refractivity contribution in [2.75, 3.05) is 13.1 Å². The molecule has 2 N–H and O–H groups in total. The summed E-state index contributed by atoms with van der Waals surface area (Å²) < 4.78 is 0. The second-order valence-electron chi connectivity index (χ2n) is 3.31. The molecule has 1 rings (SSSR count). The molecule has 0 amide bonds. The number of aliphatic hydroxyl groups is 1. The number of β-amino-alcohol motifs (C(OH)–C–C–N with tert-alkyl or cyclic N) is 1. The van der Waals surface area contributed by atoms with Crippen LogP contribution in [0.15, 0.2) is 0 Å². The van der Waals surface area contributed by atoms with Crippen LogP contribution in [0.1, 0.15) is 19.8 Å². The number of carbonyl (C=O) groups is 1. The molecule has 1 heterocycles. The zero-order chi connectivity index (χ0) is 9.14. The monoisotopic (exact) mass is 173 g/mol. The van der Waals surface area contributed by atoms with Gasteiger partial charge in [0.2, 0.25) is 0 Å². The highest BCUT2D eigenvalue weighted by atomic mass is 16.4. The second kappa shape index (κ2) is 3.87. The zero-order valence-electron chi connectivity index (χ0n) is 7.23. The van der Waals surface area contributed by atoms with E-state index in [2.05, 4.69) is 0 Å². The lowest BCUT2D eigenvalue weighted by molar-refractivity contribution is -0.143. The van der Waals surface area contributed by atoms with Gasteiger partial charge in [-0.15, -0.1) is 0 Å². The van der Waals surface area contributed by atoms with Gasteiger partial charge in [0.1, 0.15) is 6.04 Å². The molecule has 0 aromatic carbocycles. The SMILES string of the molecule is C[C@@H](C(=O)O)N1CCC[C@H](O)C1. The van der Waals surface area contributed by atoms with Gasteiger partial charge in [-0.2, -0.15) is 0 Å². The summed E-state index contributed by atoms with van der Waals surface area (Å²) in [6, 6.07) is -0.472. The lowest BCUT2D eigenvalue weighted by Crippen LogP contribution is -2.46. The van der Waals surface area contributed by atoms with Gasteiger partial charge in [0, 0.05) is 6.54 Å². The Kier molecular flexibility index (Phi) is 3.05. The molecule has 0 bridgehead atoms. The van der Waals surface area contributed by atoms with Crippen molar-refractivity contribution in [3.8, 4) is 0 Å². The van der Waals surface area contributed by atoms with Crippen LogP contribution in [0, 0.1) is 0 Å². The van der Waals surface area contributed by atoms with Crippen LogP contribution in [0.4, 0.5) is 0 Å². The Hall–Kier alpha value is -0.610. The molecule has 1 aliphatic heterocycles. The molecule has 4 nitrogen and oxygen atoms in total. The largest absolute Gasteiger partial charge is 0.480 e. The lowest BCUT2D eigenvalue weighted by atomic mass is 10.1. The van der Waals surface area contributed by atoms with E-state index in [4.69, 9.17) is 5.11 Å². The predicted octanol–water partition coefficient (Wildman–Crippen LogP) is -0.0838. The lowest BCUT2D eigenvalue weighted by Gasteiger charge is -2.32. The minimum Gasteiger partial charge on any atom is -0.480 e. The van der Waals surface area contributed by atoms with Gasteiger partial charge >= 0.3 is 5.97 Å². The van der Waals surface area contributed by atoms with Crippen molar-refractivity contribution in [1.82, 2.24) is 4.90 Å². The van der Waals surface area contributed by atoms with Crippen LogP contribution in [0.3, 0.4) is 0 Å². The van der Waals surface area contributed by atoms with Gasteiger partial charge in [-0.1, -0.05) is 0 Å². The van der Waals surface area contributed by atoms with Gasteiger partial charge in [0.05, 0.1) is 6.10 Å². The zero-order valence-corrected chi connectivity index (χ0v) is 7.23. The number of piperidine rings is 1. The van der Waals surface area contributed by atoms with E-state index in [1.807, 2.05) is 0 Å². The molecule has 4 heteroatoms. The number of aliphatic carboxylic acids is 1. The Morgan fingerprint density at radius 2 is 2.33 bits per heavy atom. The average molecular weight is 173 g/mol. The number of hydrogen-bond acceptors (Lipinski definition) is 3. The summed E-state index contributed by atoms with van der Waals surface area (Å²) in [5, 5.41) is 18.0. The Morgan fingerprint density at radius 1 is 1.67 bits per heavy atom. The van der Waals surface area contributed by atoms with Gasteiger partial charge < -0.3 is 10.2 Å². The highest BCUT2D eigenvalue weighted by Gasteiger charge is 2.25. The van der Waals surface area contributed by atoms with E-state index in [-0.39, 0.29) is 6.10 Å². The number of likely N-dealkylation sites (tertiary alicyclic amines) is 1. The summed E-state index contributed by atoms with van der Waals surface area (Å²) in [6.45, 7) is 2.93. The molecule has 0 aromatic heterocycles. The molecule has 1 aliphatic rings.